The largest absolute Gasteiger partial charge is 0.493 e. The summed E-state index contributed by atoms with van der Waals surface area (Å²) >= 11 is 0. The van der Waals surface area contributed by atoms with Crippen LogP contribution in [0.1, 0.15) is 18.4 Å². The number of rotatable bonds is 8. The van der Waals surface area contributed by atoms with Crippen molar-refractivity contribution >= 4 is 11.8 Å². The molecule has 1 aliphatic rings. The van der Waals surface area contributed by atoms with Gasteiger partial charge in [0.25, 0.3) is 0 Å². The highest BCUT2D eigenvalue weighted by molar-refractivity contribution is 5.44. The average Bonchev–Trinajstić information content (AvgIpc) is 3.39. The molecule has 1 aromatic carbocycles. The molecule has 1 aromatic heterocycles. The van der Waals surface area contributed by atoms with Gasteiger partial charge in [-0.15, -0.1) is 0 Å². The summed E-state index contributed by atoms with van der Waals surface area (Å²) in [4.78, 5) is 8.72. The number of nitrogens with zero attached hydrogens (tertiary/aromatic N) is 2. The standard InChI is InChI=1S/C17H22N4O2/c1-22-14-6-3-12(11-15(14)23-2)7-9-18-17-19-10-8-16(21-17)20-13-4-5-13/h3,6,8,10-11,13H,4-5,7,9H2,1-2H3,(H2,18,19,20,21). The molecular weight excluding hydrogens is 292 g/mol. The molecule has 23 heavy (non-hydrogen) atoms. The Bertz CT molecular complexity index is 659. The van der Waals surface area contributed by atoms with Crippen molar-refractivity contribution < 1.29 is 9.47 Å². The van der Waals surface area contributed by atoms with Gasteiger partial charge in [-0.05, 0) is 43.0 Å². The summed E-state index contributed by atoms with van der Waals surface area (Å²) in [6.45, 7) is 0.752. The summed E-state index contributed by atoms with van der Waals surface area (Å²) in [5, 5.41) is 6.63. The number of anilines is 2. The zero-order valence-electron chi connectivity index (χ0n) is 13.5. The van der Waals surface area contributed by atoms with Gasteiger partial charge in [0, 0.05) is 18.8 Å². The van der Waals surface area contributed by atoms with E-state index in [-0.39, 0.29) is 0 Å². The average molecular weight is 314 g/mol. The summed E-state index contributed by atoms with van der Waals surface area (Å²) in [6, 6.07) is 8.44. The lowest BCUT2D eigenvalue weighted by molar-refractivity contribution is 0.354. The van der Waals surface area contributed by atoms with Gasteiger partial charge in [0.2, 0.25) is 5.95 Å². The Kier molecular flexibility index (Phi) is 4.80. The minimum absolute atomic E-state index is 0.588. The minimum atomic E-state index is 0.588. The van der Waals surface area contributed by atoms with Crippen molar-refractivity contribution in [3.8, 4) is 11.5 Å². The van der Waals surface area contributed by atoms with Crippen molar-refractivity contribution in [3.05, 3.63) is 36.0 Å². The number of nitrogens with one attached hydrogen (secondary N) is 2. The Morgan fingerprint density at radius 3 is 2.70 bits per heavy atom. The second-order valence-electron chi connectivity index (χ2n) is 5.55. The molecular formula is C17H22N4O2. The maximum absolute atomic E-state index is 5.32. The van der Waals surface area contributed by atoms with Crippen molar-refractivity contribution in [3.63, 3.8) is 0 Å². The minimum Gasteiger partial charge on any atom is -0.493 e. The molecule has 3 rings (SSSR count). The molecule has 0 aliphatic heterocycles. The summed E-state index contributed by atoms with van der Waals surface area (Å²) < 4.78 is 10.6. The molecule has 2 N–H and O–H groups in total. The highest BCUT2D eigenvalue weighted by atomic mass is 16.5. The van der Waals surface area contributed by atoms with E-state index in [0.29, 0.717) is 12.0 Å². The molecule has 0 atom stereocenters. The van der Waals surface area contributed by atoms with Crippen molar-refractivity contribution in [2.24, 2.45) is 0 Å². The molecule has 1 heterocycles. The molecule has 0 radical (unpaired) electrons. The second kappa shape index (κ2) is 7.17. The van der Waals surface area contributed by atoms with E-state index in [1.807, 2.05) is 24.3 Å². The predicted molar refractivity (Wildman–Crippen MR) is 90.4 cm³/mol. The molecule has 6 heteroatoms. The van der Waals surface area contributed by atoms with Crippen LogP contribution >= 0.6 is 0 Å². The van der Waals surface area contributed by atoms with Gasteiger partial charge >= 0.3 is 0 Å². The number of ether oxygens (including phenoxy) is 2. The Morgan fingerprint density at radius 2 is 1.96 bits per heavy atom. The number of methoxy groups -OCH3 is 2. The normalized spacial score (nSPS) is 13.5. The van der Waals surface area contributed by atoms with E-state index in [9.17, 15) is 0 Å². The third-order valence-corrected chi connectivity index (χ3v) is 3.73. The summed E-state index contributed by atoms with van der Waals surface area (Å²) in [7, 11) is 3.28. The van der Waals surface area contributed by atoms with Gasteiger partial charge in [-0.1, -0.05) is 6.07 Å². The molecule has 2 aromatic rings. The number of hydrogen-bond donors (Lipinski definition) is 2. The van der Waals surface area contributed by atoms with Gasteiger partial charge in [-0.2, -0.15) is 4.98 Å². The van der Waals surface area contributed by atoms with Crippen LogP contribution in [0.5, 0.6) is 11.5 Å². The topological polar surface area (TPSA) is 68.3 Å². The van der Waals surface area contributed by atoms with Crippen LogP contribution in [0.2, 0.25) is 0 Å². The third kappa shape index (κ3) is 4.25. The van der Waals surface area contributed by atoms with Crippen molar-refractivity contribution in [2.75, 3.05) is 31.4 Å². The Balaban J connectivity index is 1.54. The highest BCUT2D eigenvalue weighted by Gasteiger charge is 2.21. The third-order valence-electron chi connectivity index (χ3n) is 3.73. The molecule has 1 aliphatic carbocycles. The lowest BCUT2D eigenvalue weighted by Gasteiger charge is -2.10. The van der Waals surface area contributed by atoms with Crippen LogP contribution in [0.25, 0.3) is 0 Å². The fourth-order valence-corrected chi connectivity index (χ4v) is 2.32. The van der Waals surface area contributed by atoms with Crippen LogP contribution in [0, 0.1) is 0 Å². The van der Waals surface area contributed by atoms with Crippen LogP contribution in [-0.2, 0) is 6.42 Å². The Labute approximate surface area is 136 Å². The maximum atomic E-state index is 5.32. The smallest absolute Gasteiger partial charge is 0.224 e. The van der Waals surface area contributed by atoms with Crippen LogP contribution in [0.3, 0.4) is 0 Å². The first-order chi connectivity index (χ1) is 11.3. The summed E-state index contributed by atoms with van der Waals surface area (Å²) in [5.41, 5.74) is 1.17. The highest BCUT2D eigenvalue weighted by Crippen LogP contribution is 2.27. The number of benzene rings is 1. The lowest BCUT2D eigenvalue weighted by Crippen LogP contribution is -2.10. The molecule has 0 unspecified atom stereocenters. The van der Waals surface area contributed by atoms with E-state index in [0.717, 1.165) is 30.3 Å². The molecule has 0 bridgehead atoms. The zero-order valence-corrected chi connectivity index (χ0v) is 13.5. The zero-order chi connectivity index (χ0) is 16.1. The fourth-order valence-electron chi connectivity index (χ4n) is 2.32. The van der Waals surface area contributed by atoms with Crippen LogP contribution in [0.4, 0.5) is 11.8 Å². The molecule has 6 nitrogen and oxygen atoms in total. The molecule has 0 spiro atoms. The maximum Gasteiger partial charge on any atom is 0.224 e. The Morgan fingerprint density at radius 1 is 1.13 bits per heavy atom. The van der Waals surface area contributed by atoms with E-state index < -0.39 is 0 Å². The first kappa shape index (κ1) is 15.4. The van der Waals surface area contributed by atoms with Crippen molar-refractivity contribution in [2.45, 2.75) is 25.3 Å². The first-order valence-corrected chi connectivity index (χ1v) is 7.83. The van der Waals surface area contributed by atoms with Gasteiger partial charge in [-0.25, -0.2) is 4.98 Å². The van der Waals surface area contributed by atoms with Gasteiger partial charge < -0.3 is 20.1 Å². The van der Waals surface area contributed by atoms with Crippen LogP contribution in [0.15, 0.2) is 30.5 Å². The Hall–Kier alpha value is -2.50. The van der Waals surface area contributed by atoms with Gasteiger partial charge in [-0.3, -0.25) is 0 Å². The second-order valence-corrected chi connectivity index (χ2v) is 5.55. The molecule has 1 saturated carbocycles. The molecule has 122 valence electrons. The summed E-state index contributed by atoms with van der Waals surface area (Å²) in [5.74, 6) is 3.02. The SMILES string of the molecule is COc1ccc(CCNc2nccc(NC3CC3)n2)cc1OC. The first-order valence-electron chi connectivity index (χ1n) is 7.83. The number of aromatic nitrogens is 2. The lowest BCUT2D eigenvalue weighted by atomic mass is 10.1. The van der Waals surface area contributed by atoms with Crippen LogP contribution < -0.4 is 20.1 Å². The molecule has 0 amide bonds. The van der Waals surface area contributed by atoms with Gasteiger partial charge in [0.1, 0.15) is 5.82 Å². The van der Waals surface area contributed by atoms with E-state index >= 15 is 0 Å². The van der Waals surface area contributed by atoms with Gasteiger partial charge in [0.15, 0.2) is 11.5 Å². The molecule has 0 saturated heterocycles. The molecule has 1 fully saturated rings. The quantitative estimate of drug-likeness (QED) is 0.781. The number of hydrogen-bond acceptors (Lipinski definition) is 6. The van der Waals surface area contributed by atoms with E-state index in [1.54, 1.807) is 20.4 Å². The van der Waals surface area contributed by atoms with Crippen LogP contribution in [-0.4, -0.2) is 36.8 Å². The monoisotopic (exact) mass is 314 g/mol. The van der Waals surface area contributed by atoms with E-state index in [4.69, 9.17) is 9.47 Å². The summed E-state index contributed by atoms with van der Waals surface area (Å²) in [6.07, 6.45) is 5.08. The van der Waals surface area contributed by atoms with Crippen molar-refractivity contribution in [1.29, 1.82) is 0 Å². The van der Waals surface area contributed by atoms with E-state index in [2.05, 4.69) is 20.6 Å². The van der Waals surface area contributed by atoms with E-state index in [1.165, 1.54) is 18.4 Å². The van der Waals surface area contributed by atoms with Crippen molar-refractivity contribution in [1.82, 2.24) is 9.97 Å². The predicted octanol–water partition coefficient (Wildman–Crippen LogP) is 2.72. The fraction of sp³-hybridized carbons (Fsp3) is 0.412. The van der Waals surface area contributed by atoms with Gasteiger partial charge in [0.05, 0.1) is 14.2 Å².